The van der Waals surface area contributed by atoms with Gasteiger partial charge in [-0.2, -0.15) is 5.10 Å². The zero-order chi connectivity index (χ0) is 8.97. The third-order valence-corrected chi connectivity index (χ3v) is 1.16. The highest BCUT2D eigenvalue weighted by Gasteiger charge is 2.09. The van der Waals surface area contributed by atoms with Crippen molar-refractivity contribution in [2.75, 3.05) is 6.61 Å². The molecule has 0 aliphatic rings. The maximum absolute atomic E-state index is 11.1. The first kappa shape index (κ1) is 8.70. The van der Waals surface area contributed by atoms with Gasteiger partial charge in [0.25, 0.3) is 0 Å². The van der Waals surface area contributed by atoms with Crippen molar-refractivity contribution in [3.8, 4) is 0 Å². The molecule has 0 radical (unpaired) electrons. The number of carbonyl (C=O) groups excluding carboxylic acids is 1. The van der Waals surface area contributed by atoms with Crippen LogP contribution in [0.2, 0.25) is 0 Å². The van der Waals surface area contributed by atoms with Gasteiger partial charge in [0.15, 0.2) is 0 Å². The Labute approximate surface area is 70.1 Å². The van der Waals surface area contributed by atoms with E-state index in [0.717, 1.165) is 0 Å². The topological polar surface area (TPSA) is 67.9 Å². The van der Waals surface area contributed by atoms with E-state index in [2.05, 4.69) is 15.2 Å². The minimum Gasteiger partial charge on any atom is -0.460 e. The Morgan fingerprint density at radius 3 is 3.00 bits per heavy atom. The van der Waals surface area contributed by atoms with Crippen LogP contribution >= 0.6 is 0 Å². The molecule has 0 aliphatic heterocycles. The largest absolute Gasteiger partial charge is 0.460 e. The standard InChI is InChI=1S/C7H11N3O2/c1-5(2)3-12-7(11)6-8-4-9-10-6/h4-5H,3H2,1-2H3,(H,8,9,10). The highest BCUT2D eigenvalue weighted by molar-refractivity contribution is 5.84. The Hall–Kier alpha value is -1.39. The van der Waals surface area contributed by atoms with E-state index >= 15 is 0 Å². The summed E-state index contributed by atoms with van der Waals surface area (Å²) in [4.78, 5) is 14.7. The third kappa shape index (κ3) is 2.34. The summed E-state index contributed by atoms with van der Waals surface area (Å²) in [6.45, 7) is 4.33. The van der Waals surface area contributed by atoms with Crippen LogP contribution in [0.5, 0.6) is 0 Å². The van der Waals surface area contributed by atoms with Crippen LogP contribution in [0.3, 0.4) is 0 Å². The molecule has 0 spiro atoms. The van der Waals surface area contributed by atoms with E-state index in [-0.39, 0.29) is 5.82 Å². The molecule has 0 aliphatic carbocycles. The van der Waals surface area contributed by atoms with Crippen molar-refractivity contribution in [2.24, 2.45) is 5.92 Å². The minimum atomic E-state index is -0.457. The second kappa shape index (κ2) is 3.85. The molecule has 1 aromatic rings. The second-order valence-electron chi connectivity index (χ2n) is 2.83. The monoisotopic (exact) mass is 169 g/mol. The van der Waals surface area contributed by atoms with Crippen molar-refractivity contribution in [3.05, 3.63) is 12.2 Å². The summed E-state index contributed by atoms with van der Waals surface area (Å²) in [5, 5.41) is 5.96. The zero-order valence-corrected chi connectivity index (χ0v) is 7.07. The SMILES string of the molecule is CC(C)COC(=O)c1ncn[nH]1. The number of ether oxygens (including phenoxy) is 1. The molecule has 12 heavy (non-hydrogen) atoms. The molecule has 0 saturated heterocycles. The highest BCUT2D eigenvalue weighted by Crippen LogP contribution is 1.96. The summed E-state index contributed by atoms with van der Waals surface area (Å²) in [7, 11) is 0. The summed E-state index contributed by atoms with van der Waals surface area (Å²) in [5.74, 6) is 0.0220. The van der Waals surface area contributed by atoms with Crippen LogP contribution in [0.1, 0.15) is 24.5 Å². The number of rotatable bonds is 3. The molecule has 1 N–H and O–H groups in total. The Morgan fingerprint density at radius 1 is 1.75 bits per heavy atom. The van der Waals surface area contributed by atoms with E-state index < -0.39 is 5.97 Å². The number of nitrogens with zero attached hydrogens (tertiary/aromatic N) is 2. The molecule has 5 nitrogen and oxygen atoms in total. The van der Waals surface area contributed by atoms with Crippen LogP contribution in [0, 0.1) is 5.92 Å². The minimum absolute atomic E-state index is 0.149. The van der Waals surface area contributed by atoms with E-state index in [9.17, 15) is 4.79 Å². The molecule has 1 heterocycles. The van der Waals surface area contributed by atoms with Crippen molar-refractivity contribution in [1.82, 2.24) is 15.2 Å². The lowest BCUT2D eigenvalue weighted by Gasteiger charge is -2.03. The average molecular weight is 169 g/mol. The first-order chi connectivity index (χ1) is 5.70. The zero-order valence-electron chi connectivity index (χ0n) is 7.07. The van der Waals surface area contributed by atoms with Gasteiger partial charge in [0, 0.05) is 0 Å². The molecule has 0 unspecified atom stereocenters. The van der Waals surface area contributed by atoms with Gasteiger partial charge in [0.1, 0.15) is 6.33 Å². The van der Waals surface area contributed by atoms with E-state index in [1.165, 1.54) is 6.33 Å². The Balaban J connectivity index is 2.40. The van der Waals surface area contributed by atoms with Crippen LogP contribution in [-0.2, 0) is 4.74 Å². The number of carbonyl (C=O) groups is 1. The lowest BCUT2D eigenvalue weighted by Crippen LogP contribution is -2.11. The molecular formula is C7H11N3O2. The second-order valence-corrected chi connectivity index (χ2v) is 2.83. The molecule has 0 saturated carbocycles. The number of nitrogens with one attached hydrogen (secondary N) is 1. The molecule has 1 aromatic heterocycles. The summed E-state index contributed by atoms with van der Waals surface area (Å²) < 4.78 is 4.88. The van der Waals surface area contributed by atoms with Gasteiger partial charge in [-0.1, -0.05) is 13.8 Å². The number of aromatic amines is 1. The van der Waals surface area contributed by atoms with E-state index in [1.807, 2.05) is 13.8 Å². The Kier molecular flexibility index (Phi) is 2.79. The summed E-state index contributed by atoms with van der Waals surface area (Å²) in [6.07, 6.45) is 1.27. The Bertz CT molecular complexity index is 243. The molecule has 66 valence electrons. The lowest BCUT2D eigenvalue weighted by molar-refractivity contribution is 0.0445. The summed E-state index contributed by atoms with van der Waals surface area (Å²) in [6, 6.07) is 0. The molecule has 0 atom stereocenters. The Morgan fingerprint density at radius 2 is 2.50 bits per heavy atom. The van der Waals surface area contributed by atoms with Gasteiger partial charge in [-0.25, -0.2) is 9.78 Å². The van der Waals surface area contributed by atoms with Crippen LogP contribution in [0.15, 0.2) is 6.33 Å². The molecule has 5 heteroatoms. The number of aromatic nitrogens is 3. The fraction of sp³-hybridized carbons (Fsp3) is 0.571. The molecule has 0 bridgehead atoms. The van der Waals surface area contributed by atoms with Crippen LogP contribution in [0.25, 0.3) is 0 Å². The quantitative estimate of drug-likeness (QED) is 0.673. The van der Waals surface area contributed by atoms with Crippen LogP contribution < -0.4 is 0 Å². The lowest BCUT2D eigenvalue weighted by atomic mass is 10.2. The number of hydrogen-bond acceptors (Lipinski definition) is 4. The molecule has 0 aromatic carbocycles. The molecule has 0 fully saturated rings. The van der Waals surface area contributed by atoms with Crippen molar-refractivity contribution in [2.45, 2.75) is 13.8 Å². The number of esters is 1. The van der Waals surface area contributed by atoms with Gasteiger partial charge in [-0.15, -0.1) is 0 Å². The first-order valence-electron chi connectivity index (χ1n) is 3.72. The number of H-pyrrole nitrogens is 1. The van der Waals surface area contributed by atoms with Crippen LogP contribution in [-0.4, -0.2) is 27.8 Å². The smallest absolute Gasteiger partial charge is 0.375 e. The fourth-order valence-corrected chi connectivity index (χ4v) is 0.615. The van der Waals surface area contributed by atoms with Gasteiger partial charge in [0.2, 0.25) is 5.82 Å². The van der Waals surface area contributed by atoms with Gasteiger partial charge in [0.05, 0.1) is 6.61 Å². The van der Waals surface area contributed by atoms with Crippen molar-refractivity contribution in [3.63, 3.8) is 0 Å². The average Bonchev–Trinajstić information content (AvgIpc) is 2.51. The van der Waals surface area contributed by atoms with Gasteiger partial charge >= 0.3 is 5.97 Å². The predicted octanol–water partition coefficient (Wildman–Crippen LogP) is 0.617. The van der Waals surface area contributed by atoms with Crippen LogP contribution in [0.4, 0.5) is 0 Å². The molecule has 1 rings (SSSR count). The first-order valence-corrected chi connectivity index (χ1v) is 3.72. The fourth-order valence-electron chi connectivity index (χ4n) is 0.615. The predicted molar refractivity (Wildman–Crippen MR) is 41.5 cm³/mol. The van der Waals surface area contributed by atoms with Gasteiger partial charge in [-0.05, 0) is 5.92 Å². The van der Waals surface area contributed by atoms with E-state index in [4.69, 9.17) is 4.74 Å². The number of hydrogen-bond donors (Lipinski definition) is 1. The van der Waals surface area contributed by atoms with Crippen molar-refractivity contribution >= 4 is 5.97 Å². The van der Waals surface area contributed by atoms with Gasteiger partial charge < -0.3 is 4.74 Å². The summed E-state index contributed by atoms with van der Waals surface area (Å²) >= 11 is 0. The van der Waals surface area contributed by atoms with Gasteiger partial charge in [-0.3, -0.25) is 5.10 Å². The highest BCUT2D eigenvalue weighted by atomic mass is 16.5. The normalized spacial score (nSPS) is 10.2. The van der Waals surface area contributed by atoms with Crippen molar-refractivity contribution < 1.29 is 9.53 Å². The molecular weight excluding hydrogens is 158 g/mol. The van der Waals surface area contributed by atoms with Crippen molar-refractivity contribution in [1.29, 1.82) is 0 Å². The van der Waals surface area contributed by atoms with E-state index in [1.54, 1.807) is 0 Å². The third-order valence-electron chi connectivity index (χ3n) is 1.16. The van der Waals surface area contributed by atoms with E-state index in [0.29, 0.717) is 12.5 Å². The maximum Gasteiger partial charge on any atom is 0.375 e. The summed E-state index contributed by atoms with van der Waals surface area (Å²) in [5.41, 5.74) is 0. The molecule has 0 amide bonds. The maximum atomic E-state index is 11.1.